The highest BCUT2D eigenvalue weighted by atomic mass is 16.5. The molecule has 7 nitrogen and oxygen atoms in total. The van der Waals surface area contributed by atoms with E-state index in [1.807, 2.05) is 50.2 Å². The molecule has 0 aliphatic carbocycles. The fourth-order valence-electron chi connectivity index (χ4n) is 3.61. The van der Waals surface area contributed by atoms with E-state index >= 15 is 0 Å². The number of amides is 1. The molecule has 0 spiro atoms. The van der Waals surface area contributed by atoms with Crippen molar-refractivity contribution < 1.29 is 9.53 Å². The summed E-state index contributed by atoms with van der Waals surface area (Å²) in [6, 6.07) is 13.2. The number of hydrogen-bond acceptors (Lipinski definition) is 5. The van der Waals surface area contributed by atoms with E-state index in [1.165, 1.54) is 4.68 Å². The molecule has 0 atom stereocenters. The molecule has 1 N–H and O–H groups in total. The Balaban J connectivity index is 1.67. The van der Waals surface area contributed by atoms with Crippen molar-refractivity contribution in [3.63, 3.8) is 0 Å². The molecule has 7 heteroatoms. The second-order valence-corrected chi connectivity index (χ2v) is 7.30. The molecular weight excluding hydrogens is 368 g/mol. The van der Waals surface area contributed by atoms with Gasteiger partial charge < -0.3 is 15.0 Å². The highest BCUT2D eigenvalue weighted by molar-refractivity contribution is 5.93. The Bertz CT molecular complexity index is 1120. The Labute approximate surface area is 168 Å². The van der Waals surface area contributed by atoms with E-state index in [-0.39, 0.29) is 18.0 Å². The van der Waals surface area contributed by atoms with Gasteiger partial charge in [0.1, 0.15) is 6.54 Å². The van der Waals surface area contributed by atoms with E-state index in [0.29, 0.717) is 37.5 Å². The molecule has 150 valence electrons. The summed E-state index contributed by atoms with van der Waals surface area (Å²) < 4.78 is 6.69. The molecule has 1 saturated heterocycles. The van der Waals surface area contributed by atoms with Crippen LogP contribution in [0.2, 0.25) is 0 Å². The van der Waals surface area contributed by atoms with Crippen LogP contribution in [-0.2, 0) is 16.1 Å². The highest BCUT2D eigenvalue weighted by Crippen LogP contribution is 2.23. The van der Waals surface area contributed by atoms with E-state index in [9.17, 15) is 9.59 Å². The lowest BCUT2D eigenvalue weighted by Crippen LogP contribution is -2.39. The number of ether oxygens (including phenoxy) is 1. The van der Waals surface area contributed by atoms with Crippen molar-refractivity contribution in [2.75, 3.05) is 36.5 Å². The fourth-order valence-corrected chi connectivity index (χ4v) is 3.61. The molecule has 0 radical (unpaired) electrons. The largest absolute Gasteiger partial charge is 0.378 e. The summed E-state index contributed by atoms with van der Waals surface area (Å²) in [7, 11) is 0. The zero-order valence-corrected chi connectivity index (χ0v) is 16.6. The summed E-state index contributed by atoms with van der Waals surface area (Å²) in [4.78, 5) is 27.7. The van der Waals surface area contributed by atoms with Crippen LogP contribution in [0.4, 0.5) is 11.5 Å². The highest BCUT2D eigenvalue weighted by Gasteiger charge is 2.19. The molecule has 2 aromatic carbocycles. The molecule has 1 aliphatic heterocycles. The van der Waals surface area contributed by atoms with Gasteiger partial charge >= 0.3 is 0 Å². The van der Waals surface area contributed by atoms with Crippen molar-refractivity contribution in [3.8, 4) is 0 Å². The zero-order valence-electron chi connectivity index (χ0n) is 16.6. The number of morpholine rings is 1. The van der Waals surface area contributed by atoms with Crippen LogP contribution in [-0.4, -0.2) is 42.0 Å². The second-order valence-electron chi connectivity index (χ2n) is 7.30. The van der Waals surface area contributed by atoms with Crippen LogP contribution in [0, 0.1) is 13.8 Å². The maximum absolute atomic E-state index is 12.9. The molecular formula is C22H24N4O3. The van der Waals surface area contributed by atoms with Gasteiger partial charge in [-0.05, 0) is 31.5 Å². The molecule has 1 fully saturated rings. The van der Waals surface area contributed by atoms with E-state index in [2.05, 4.69) is 15.3 Å². The number of rotatable bonds is 4. The van der Waals surface area contributed by atoms with Crippen LogP contribution in [0.5, 0.6) is 0 Å². The number of nitrogens with one attached hydrogen (secondary N) is 1. The van der Waals surface area contributed by atoms with Crippen LogP contribution in [0.1, 0.15) is 11.1 Å². The summed E-state index contributed by atoms with van der Waals surface area (Å²) in [5.74, 6) is 0.428. The number of fused-ring (bicyclic) bond motifs is 1. The standard InChI is InChI=1S/C22H24N4O3/c1-15-7-8-19(16(2)13-15)23-20(27)14-26-22(28)18-6-4-3-5-17(18)21(24-26)25-9-11-29-12-10-25/h3-8,13H,9-12,14H2,1-2H3,(H,23,27). The van der Waals surface area contributed by atoms with Crippen LogP contribution >= 0.6 is 0 Å². The van der Waals surface area contributed by atoms with Crippen molar-refractivity contribution in [3.05, 3.63) is 63.9 Å². The minimum Gasteiger partial charge on any atom is -0.378 e. The second kappa shape index (κ2) is 8.05. The fraction of sp³-hybridized carbons (Fsp3) is 0.318. The summed E-state index contributed by atoms with van der Waals surface area (Å²) in [5, 5.41) is 8.80. The van der Waals surface area contributed by atoms with Gasteiger partial charge in [-0.1, -0.05) is 35.9 Å². The molecule has 0 saturated carbocycles. The quantitative estimate of drug-likeness (QED) is 0.738. The molecule has 0 unspecified atom stereocenters. The normalized spacial score (nSPS) is 14.2. The van der Waals surface area contributed by atoms with Gasteiger partial charge in [0, 0.05) is 24.2 Å². The predicted molar refractivity (Wildman–Crippen MR) is 114 cm³/mol. The van der Waals surface area contributed by atoms with Crippen molar-refractivity contribution in [1.82, 2.24) is 9.78 Å². The summed E-state index contributed by atoms with van der Waals surface area (Å²) in [6.45, 7) is 6.43. The minimum atomic E-state index is -0.283. The molecule has 1 amide bonds. The Morgan fingerprint density at radius 3 is 2.55 bits per heavy atom. The third kappa shape index (κ3) is 4.00. The monoisotopic (exact) mass is 392 g/mol. The summed E-state index contributed by atoms with van der Waals surface area (Å²) >= 11 is 0. The van der Waals surface area contributed by atoms with Crippen LogP contribution in [0.25, 0.3) is 10.8 Å². The van der Waals surface area contributed by atoms with Crippen molar-refractivity contribution in [1.29, 1.82) is 0 Å². The Morgan fingerprint density at radius 1 is 1.10 bits per heavy atom. The lowest BCUT2D eigenvalue weighted by Gasteiger charge is -2.29. The summed E-state index contributed by atoms with van der Waals surface area (Å²) in [6.07, 6.45) is 0. The first-order valence-electron chi connectivity index (χ1n) is 9.72. The maximum Gasteiger partial charge on any atom is 0.275 e. The van der Waals surface area contributed by atoms with Crippen LogP contribution in [0.3, 0.4) is 0 Å². The Hall–Kier alpha value is -3.19. The number of anilines is 2. The van der Waals surface area contributed by atoms with Gasteiger partial charge in [0.05, 0.1) is 18.6 Å². The number of aromatic nitrogens is 2. The van der Waals surface area contributed by atoms with Gasteiger partial charge in [-0.2, -0.15) is 5.10 Å². The first-order valence-corrected chi connectivity index (χ1v) is 9.72. The maximum atomic E-state index is 12.9. The smallest absolute Gasteiger partial charge is 0.275 e. The lowest BCUT2D eigenvalue weighted by atomic mass is 10.1. The summed E-state index contributed by atoms with van der Waals surface area (Å²) in [5.41, 5.74) is 2.57. The number of aryl methyl sites for hydroxylation is 2. The lowest BCUT2D eigenvalue weighted by molar-refractivity contribution is -0.117. The van der Waals surface area contributed by atoms with Gasteiger partial charge in [-0.3, -0.25) is 9.59 Å². The first-order chi connectivity index (χ1) is 14.0. The van der Waals surface area contributed by atoms with E-state index in [1.54, 1.807) is 6.07 Å². The molecule has 1 aliphatic rings. The molecule has 0 bridgehead atoms. The first kappa shape index (κ1) is 19.1. The third-order valence-electron chi connectivity index (χ3n) is 5.11. The molecule has 29 heavy (non-hydrogen) atoms. The van der Waals surface area contributed by atoms with E-state index in [4.69, 9.17) is 4.74 Å². The topological polar surface area (TPSA) is 76.5 Å². The third-order valence-corrected chi connectivity index (χ3v) is 5.11. The van der Waals surface area contributed by atoms with Gasteiger partial charge in [-0.15, -0.1) is 0 Å². The SMILES string of the molecule is Cc1ccc(NC(=O)Cn2nc(N3CCOCC3)c3ccccc3c2=O)c(C)c1. The van der Waals surface area contributed by atoms with Crippen LogP contribution < -0.4 is 15.8 Å². The van der Waals surface area contributed by atoms with Crippen molar-refractivity contribution in [2.45, 2.75) is 20.4 Å². The van der Waals surface area contributed by atoms with Crippen LogP contribution in [0.15, 0.2) is 47.3 Å². The number of benzene rings is 2. The van der Waals surface area contributed by atoms with Crippen molar-refractivity contribution >= 4 is 28.2 Å². The number of carbonyl (C=O) groups is 1. The molecule has 4 rings (SSSR count). The zero-order chi connectivity index (χ0) is 20.4. The Kier molecular flexibility index (Phi) is 5.31. The molecule has 3 aromatic rings. The average Bonchev–Trinajstić information content (AvgIpc) is 2.73. The van der Waals surface area contributed by atoms with Gasteiger partial charge in [0.25, 0.3) is 5.56 Å². The van der Waals surface area contributed by atoms with Gasteiger partial charge in [0.15, 0.2) is 5.82 Å². The average molecular weight is 392 g/mol. The Morgan fingerprint density at radius 2 is 1.83 bits per heavy atom. The number of carbonyl (C=O) groups excluding carboxylic acids is 1. The van der Waals surface area contributed by atoms with E-state index < -0.39 is 0 Å². The van der Waals surface area contributed by atoms with E-state index in [0.717, 1.165) is 22.2 Å². The molecule has 1 aromatic heterocycles. The van der Waals surface area contributed by atoms with Gasteiger partial charge in [0.2, 0.25) is 5.91 Å². The number of hydrogen-bond donors (Lipinski definition) is 1. The molecule has 2 heterocycles. The minimum absolute atomic E-state index is 0.145. The predicted octanol–water partition coefficient (Wildman–Crippen LogP) is 2.49. The number of nitrogens with zero attached hydrogens (tertiary/aromatic N) is 3. The van der Waals surface area contributed by atoms with Crippen molar-refractivity contribution in [2.24, 2.45) is 0 Å². The van der Waals surface area contributed by atoms with Gasteiger partial charge in [-0.25, -0.2) is 4.68 Å².